The van der Waals surface area contributed by atoms with Crippen molar-refractivity contribution in [2.45, 2.75) is 8.92 Å². The van der Waals surface area contributed by atoms with Gasteiger partial charge in [0, 0.05) is 6.08 Å². The molecule has 1 aliphatic heterocycles. The first-order valence-electron chi connectivity index (χ1n) is 2.33. The fraction of sp³-hybridized carbons (Fsp3) is 0.500. The maximum Gasteiger partial charge on any atom is 0.468 e. The quantitative estimate of drug-likeness (QED) is 0.461. The molecule has 7 heteroatoms. The van der Waals surface area contributed by atoms with Crippen LogP contribution in [0.1, 0.15) is 0 Å². The van der Waals surface area contributed by atoms with E-state index in [1.807, 2.05) is 0 Å². The Morgan fingerprint density at radius 3 is 1.91 bits per heavy atom. The van der Waals surface area contributed by atoms with Crippen LogP contribution in [0.15, 0.2) is 11.1 Å². The summed E-state index contributed by atoms with van der Waals surface area (Å²) >= 11 is 16.0. The molecule has 0 N–H and O–H groups in total. The third-order valence-electron chi connectivity index (χ3n) is 1.04. The molecule has 0 spiro atoms. The molecule has 0 saturated heterocycles. The summed E-state index contributed by atoms with van der Waals surface area (Å²) in [6, 6.07) is 0. The molecule has 1 unspecified atom stereocenters. The zero-order chi connectivity index (χ0) is 8.86. The van der Waals surface area contributed by atoms with Gasteiger partial charge in [-0.15, -0.1) is 8.78 Å². The minimum absolute atomic E-state index is 0.694. The lowest BCUT2D eigenvalue weighted by Crippen LogP contribution is -2.28. The van der Waals surface area contributed by atoms with E-state index < -0.39 is 24.1 Å². The van der Waals surface area contributed by atoms with Crippen molar-refractivity contribution in [2.24, 2.45) is 0 Å². The van der Waals surface area contributed by atoms with Gasteiger partial charge in [0.25, 0.3) is 0 Å². The summed E-state index contributed by atoms with van der Waals surface area (Å²) in [5.74, 6) is 0. The van der Waals surface area contributed by atoms with Crippen molar-refractivity contribution in [2.75, 3.05) is 0 Å². The summed E-state index contributed by atoms with van der Waals surface area (Å²) in [5, 5.41) is -3.99. The highest BCUT2D eigenvalue weighted by atomic mass is 35.7. The molecule has 0 fully saturated rings. The second kappa shape index (κ2) is 2.81. The van der Waals surface area contributed by atoms with Crippen molar-refractivity contribution in [1.29, 1.82) is 0 Å². The third kappa shape index (κ3) is 1.59. The van der Waals surface area contributed by atoms with Gasteiger partial charge in [0.2, 0.25) is 10.1 Å². The van der Waals surface area contributed by atoms with Crippen molar-refractivity contribution in [3.05, 3.63) is 11.1 Å². The average molecular weight is 261 g/mol. The van der Waals surface area contributed by atoms with Crippen LogP contribution in [0, 0.1) is 0 Å². The fourth-order valence-corrected chi connectivity index (χ4v) is 3.21. The lowest BCUT2D eigenvalue weighted by Gasteiger charge is -2.08. The van der Waals surface area contributed by atoms with Gasteiger partial charge in [-0.25, -0.2) is 0 Å². The minimum Gasteiger partial charge on any atom is -0.147 e. The molecule has 0 bridgehead atoms. The van der Waals surface area contributed by atoms with Crippen LogP contribution in [0.3, 0.4) is 0 Å². The fourth-order valence-electron chi connectivity index (χ4n) is 0.540. The summed E-state index contributed by atoms with van der Waals surface area (Å²) in [6.45, 7) is 0. The highest BCUT2D eigenvalue weighted by Crippen LogP contribution is 2.54. The van der Waals surface area contributed by atoms with Crippen LogP contribution in [-0.4, -0.2) is 8.92 Å². The van der Waals surface area contributed by atoms with E-state index in [4.69, 9.17) is 45.5 Å². The van der Waals surface area contributed by atoms with Gasteiger partial charge in [-0.1, -0.05) is 11.6 Å². The predicted molar refractivity (Wildman–Crippen MR) is 46.5 cm³/mol. The molecular formula is C4HCl4F2S+. The Kier molecular flexibility index (Phi) is 2.60. The molecule has 1 atom stereocenters. The van der Waals surface area contributed by atoms with Crippen LogP contribution in [0.5, 0.6) is 0 Å². The molecule has 1 rings (SSSR count). The summed E-state index contributed by atoms with van der Waals surface area (Å²) in [7, 11) is 3.29. The van der Waals surface area contributed by atoms with Crippen molar-refractivity contribution in [1.82, 2.24) is 0 Å². The van der Waals surface area contributed by atoms with Crippen LogP contribution in [0.25, 0.3) is 0 Å². The Balaban J connectivity index is 3.04. The molecule has 0 aromatic rings. The van der Waals surface area contributed by atoms with Gasteiger partial charge in [-0.05, 0) is 23.2 Å². The molecule has 0 amide bonds. The number of halogens is 6. The maximum atomic E-state index is 12.7. The Bertz CT molecular complexity index is 214. The Morgan fingerprint density at radius 1 is 1.36 bits per heavy atom. The largest absolute Gasteiger partial charge is 0.468 e. The van der Waals surface area contributed by atoms with Crippen LogP contribution in [0.2, 0.25) is 0 Å². The van der Waals surface area contributed by atoms with Crippen LogP contribution in [-0.2, 0) is 10.1 Å². The van der Waals surface area contributed by atoms with Crippen molar-refractivity contribution in [3.63, 3.8) is 0 Å². The summed E-state index contributed by atoms with van der Waals surface area (Å²) in [6.07, 6.45) is 0.855. The number of hydrogen-bond donors (Lipinski definition) is 0. The molecule has 1 heterocycles. The first-order chi connectivity index (χ1) is 4.78. The van der Waals surface area contributed by atoms with Gasteiger partial charge in [0.15, 0.2) is 10.7 Å². The predicted octanol–water partition coefficient (Wildman–Crippen LogP) is 3.62. The van der Waals surface area contributed by atoms with Crippen LogP contribution < -0.4 is 0 Å². The van der Waals surface area contributed by atoms with Gasteiger partial charge in [-0.2, -0.15) is 0 Å². The van der Waals surface area contributed by atoms with Gasteiger partial charge >= 0.3 is 8.92 Å². The van der Waals surface area contributed by atoms with Crippen LogP contribution in [0.4, 0.5) is 8.78 Å². The molecule has 1 aliphatic rings. The number of hydrogen-bond acceptors (Lipinski definition) is 0. The van der Waals surface area contributed by atoms with Crippen molar-refractivity contribution < 1.29 is 8.78 Å². The monoisotopic (exact) mass is 259 g/mol. The molecule has 0 aliphatic carbocycles. The van der Waals surface area contributed by atoms with Gasteiger partial charge < -0.3 is 0 Å². The molecule has 64 valence electrons. The van der Waals surface area contributed by atoms with Crippen molar-refractivity contribution in [3.8, 4) is 0 Å². The smallest absolute Gasteiger partial charge is 0.147 e. The van der Waals surface area contributed by atoms with E-state index in [0.717, 1.165) is 6.08 Å². The van der Waals surface area contributed by atoms with Gasteiger partial charge in [0.1, 0.15) is 5.03 Å². The Morgan fingerprint density at radius 2 is 1.82 bits per heavy atom. The number of alkyl halides is 4. The minimum atomic E-state index is -3.30. The highest BCUT2D eigenvalue weighted by molar-refractivity contribution is 8.22. The number of rotatable bonds is 0. The van der Waals surface area contributed by atoms with E-state index in [2.05, 4.69) is 0 Å². The molecular weight excluding hydrogens is 260 g/mol. The molecule has 0 aromatic heterocycles. The zero-order valence-corrected chi connectivity index (χ0v) is 8.59. The lowest BCUT2D eigenvalue weighted by molar-refractivity contribution is 0.157. The van der Waals surface area contributed by atoms with E-state index in [-0.39, 0.29) is 0 Å². The van der Waals surface area contributed by atoms with Gasteiger partial charge in [0.05, 0.1) is 0 Å². The molecule has 0 saturated carbocycles. The van der Waals surface area contributed by atoms with E-state index in [9.17, 15) is 8.78 Å². The summed E-state index contributed by atoms with van der Waals surface area (Å²) in [5.41, 5.74) is 0. The van der Waals surface area contributed by atoms with Crippen molar-refractivity contribution >= 4 is 55.6 Å². The first kappa shape index (κ1) is 10.2. The average Bonchev–Trinajstić information content (AvgIpc) is 1.94. The molecule has 11 heavy (non-hydrogen) atoms. The molecule has 0 nitrogen and oxygen atoms in total. The topological polar surface area (TPSA) is 0 Å². The van der Waals surface area contributed by atoms with E-state index in [1.165, 1.54) is 0 Å². The molecule has 0 radical (unpaired) electrons. The second-order valence-corrected chi connectivity index (χ2v) is 6.66. The lowest BCUT2D eigenvalue weighted by atomic mass is 10.5. The second-order valence-electron chi connectivity index (χ2n) is 1.83. The summed E-state index contributed by atoms with van der Waals surface area (Å²) < 4.78 is 23.7. The summed E-state index contributed by atoms with van der Waals surface area (Å²) in [4.78, 5) is 0. The molecule has 0 aromatic carbocycles. The van der Waals surface area contributed by atoms with Gasteiger partial charge in [-0.3, -0.25) is 0 Å². The highest BCUT2D eigenvalue weighted by Gasteiger charge is 2.69. The SMILES string of the molecule is FC1(F)C(Cl)=CC(Cl)(Cl)[S+]1Cl. The third-order valence-corrected chi connectivity index (χ3v) is 5.69. The standard InChI is InChI=1S/C4HCl4F2S/c5-2-1-3(6,7)11(8)4(2,9)10/h1H/q+1. The Hall–Kier alpha value is 1.11. The zero-order valence-electron chi connectivity index (χ0n) is 4.75. The van der Waals surface area contributed by atoms with E-state index in [1.54, 1.807) is 0 Å². The Labute approximate surface area is 84.3 Å². The maximum absolute atomic E-state index is 12.7. The normalized spacial score (nSPS) is 33.6. The first-order valence-corrected chi connectivity index (χ1v) is 5.52. The van der Waals surface area contributed by atoms with E-state index in [0.29, 0.717) is 0 Å². The van der Waals surface area contributed by atoms with Crippen LogP contribution >= 0.6 is 45.5 Å². The van der Waals surface area contributed by atoms with E-state index >= 15 is 0 Å².